The molecule has 0 nitrogen and oxygen atoms in total. The first-order chi connectivity index (χ1) is 12.8. The quantitative estimate of drug-likeness (QED) is 0.177. The van der Waals surface area contributed by atoms with E-state index in [0.717, 1.165) is 0 Å². The summed E-state index contributed by atoms with van der Waals surface area (Å²) in [6, 6.07) is 11.1. The molecule has 0 N–H and O–H groups in total. The van der Waals surface area contributed by atoms with Crippen LogP contribution in [0.2, 0.25) is 33.0 Å². The maximum absolute atomic E-state index is 4.96. The molecule has 0 fully saturated rings. The summed E-state index contributed by atoms with van der Waals surface area (Å²) in [5.41, 5.74) is 0. The van der Waals surface area contributed by atoms with E-state index in [1.807, 2.05) is 0 Å². The van der Waals surface area contributed by atoms with Gasteiger partial charge in [-0.25, -0.2) is 0 Å². The zero-order valence-electron chi connectivity index (χ0n) is 18.9. The summed E-state index contributed by atoms with van der Waals surface area (Å²) in [6.45, 7) is 19.8. The third kappa shape index (κ3) is 8.30. The Morgan fingerprint density at radius 2 is 1.33 bits per heavy atom. The Bertz CT molecular complexity index is 513. The van der Waals surface area contributed by atoms with Gasteiger partial charge in [-0.05, 0) is 0 Å². The molecule has 1 aromatic rings. The number of thioether (sulfide) groups is 1. The van der Waals surface area contributed by atoms with E-state index >= 15 is 0 Å². The summed E-state index contributed by atoms with van der Waals surface area (Å²) in [7, 11) is -1.34. The Kier molecular flexibility index (Phi) is 12.0. The second-order valence-electron chi connectivity index (χ2n) is 9.29. The van der Waals surface area contributed by atoms with Gasteiger partial charge in [-0.2, -0.15) is 0 Å². The average molecular weight is 511 g/mol. The molecule has 0 radical (unpaired) electrons. The maximum atomic E-state index is 4.96. The van der Waals surface area contributed by atoms with E-state index in [9.17, 15) is 0 Å². The Morgan fingerprint density at radius 3 is 1.70 bits per heavy atom. The van der Waals surface area contributed by atoms with Crippen molar-refractivity contribution in [2.24, 2.45) is 0 Å². The van der Waals surface area contributed by atoms with Crippen molar-refractivity contribution in [3.8, 4) is 0 Å². The third-order valence-corrected chi connectivity index (χ3v) is 28.6. The predicted octanol–water partition coefficient (Wildman–Crippen LogP) is 8.97. The Labute approximate surface area is 179 Å². The molecule has 1 aromatic carbocycles. The van der Waals surface area contributed by atoms with Gasteiger partial charge in [0.05, 0.1) is 0 Å². The van der Waals surface area contributed by atoms with E-state index < -0.39 is 26.5 Å². The zero-order chi connectivity index (χ0) is 20.3. The van der Waals surface area contributed by atoms with Crippen LogP contribution in [0.15, 0.2) is 45.4 Å². The minimum absolute atomic E-state index is 0.682. The van der Waals surface area contributed by atoms with E-state index in [-0.39, 0.29) is 0 Å². The Hall–Kier alpha value is 0.326. The molecule has 27 heavy (non-hydrogen) atoms. The molecule has 0 aromatic heterocycles. The van der Waals surface area contributed by atoms with Gasteiger partial charge in [-0.1, -0.05) is 0 Å². The number of rotatable bonds is 14. The van der Waals surface area contributed by atoms with Crippen molar-refractivity contribution >= 4 is 38.2 Å². The van der Waals surface area contributed by atoms with Crippen molar-refractivity contribution in [1.29, 1.82) is 0 Å². The summed E-state index contributed by atoms with van der Waals surface area (Å²) < 4.78 is 6.41. The Balaban J connectivity index is 3.23. The molecule has 1 unspecified atom stereocenters. The van der Waals surface area contributed by atoms with Crippen molar-refractivity contribution in [3.63, 3.8) is 0 Å². The van der Waals surface area contributed by atoms with Crippen molar-refractivity contribution in [2.45, 2.75) is 102 Å². The van der Waals surface area contributed by atoms with Crippen LogP contribution in [0.4, 0.5) is 0 Å². The first-order valence-corrected chi connectivity index (χ1v) is 23.2. The molecule has 0 spiro atoms. The molecule has 0 amide bonds. The monoisotopic (exact) mass is 512 g/mol. The van der Waals surface area contributed by atoms with Gasteiger partial charge >= 0.3 is 181 Å². The van der Waals surface area contributed by atoms with Gasteiger partial charge in [0.1, 0.15) is 0 Å². The second-order valence-corrected chi connectivity index (χ2v) is 29.6. The fourth-order valence-corrected chi connectivity index (χ4v) is 30.9. The van der Waals surface area contributed by atoms with E-state index in [1.54, 1.807) is 16.9 Å². The van der Waals surface area contributed by atoms with Crippen LogP contribution in [-0.4, -0.2) is 31.3 Å². The number of unbranched alkanes of at least 4 members (excludes halogenated alkanes) is 3. The molecule has 1 rings (SSSR count). The summed E-state index contributed by atoms with van der Waals surface area (Å²) in [6.07, 6.45) is 8.31. The van der Waals surface area contributed by atoms with Crippen molar-refractivity contribution in [1.82, 2.24) is 0 Å². The molecular formula is C24H44SSiSn. The first-order valence-electron chi connectivity index (χ1n) is 11.2. The number of benzene rings is 1. The van der Waals surface area contributed by atoms with E-state index in [2.05, 4.69) is 82.5 Å². The van der Waals surface area contributed by atoms with Gasteiger partial charge in [-0.15, -0.1) is 0 Å². The fourth-order valence-electron chi connectivity index (χ4n) is 4.09. The van der Waals surface area contributed by atoms with E-state index in [0.29, 0.717) is 4.87 Å². The molecule has 0 aliphatic heterocycles. The zero-order valence-corrected chi connectivity index (χ0v) is 23.6. The summed E-state index contributed by atoms with van der Waals surface area (Å²) >= 11 is -0.251. The molecule has 0 aliphatic rings. The van der Waals surface area contributed by atoms with Gasteiger partial charge in [0.25, 0.3) is 0 Å². The van der Waals surface area contributed by atoms with E-state index in [1.165, 1.54) is 43.4 Å². The summed E-state index contributed by atoms with van der Waals surface area (Å²) in [5.74, 6) is 0. The normalized spacial score (nSPS) is 13.6. The summed E-state index contributed by atoms with van der Waals surface area (Å²) in [5, 5.41) is 0. The number of hydrogen-bond acceptors (Lipinski definition) is 1. The molecule has 0 bridgehead atoms. The van der Waals surface area contributed by atoms with Crippen LogP contribution < -0.4 is 0 Å². The molecular weight excluding hydrogens is 467 g/mol. The molecule has 0 saturated heterocycles. The van der Waals surface area contributed by atoms with Crippen LogP contribution in [-0.2, 0) is 0 Å². The van der Waals surface area contributed by atoms with Crippen molar-refractivity contribution in [2.75, 3.05) is 0 Å². The van der Waals surface area contributed by atoms with Crippen LogP contribution in [0.25, 0.3) is 0 Å². The molecule has 154 valence electrons. The van der Waals surface area contributed by atoms with Crippen LogP contribution in [0.5, 0.6) is 0 Å². The summed E-state index contributed by atoms with van der Waals surface area (Å²) in [4.78, 5) is 2.12. The van der Waals surface area contributed by atoms with Crippen LogP contribution in [0.1, 0.15) is 59.3 Å². The van der Waals surface area contributed by atoms with Gasteiger partial charge in [-0.3, -0.25) is 0 Å². The minimum atomic E-state index is -2.40. The Morgan fingerprint density at radius 1 is 0.889 bits per heavy atom. The topological polar surface area (TPSA) is 0 Å². The molecule has 1 atom stereocenters. The fraction of sp³-hybridized carbons (Fsp3) is 0.667. The molecule has 3 heteroatoms. The van der Waals surface area contributed by atoms with Crippen molar-refractivity contribution < 1.29 is 0 Å². The second kappa shape index (κ2) is 12.8. The van der Waals surface area contributed by atoms with Crippen LogP contribution in [0.3, 0.4) is 0 Å². The first kappa shape index (κ1) is 25.4. The van der Waals surface area contributed by atoms with Crippen LogP contribution >= 0.6 is 11.8 Å². The van der Waals surface area contributed by atoms with Gasteiger partial charge in [0, 0.05) is 0 Å². The van der Waals surface area contributed by atoms with Crippen molar-refractivity contribution in [3.05, 3.63) is 40.5 Å². The van der Waals surface area contributed by atoms with Gasteiger partial charge < -0.3 is 0 Å². The molecule has 0 heterocycles. The molecule has 0 aliphatic carbocycles. The van der Waals surface area contributed by atoms with Gasteiger partial charge in [0.2, 0.25) is 0 Å². The van der Waals surface area contributed by atoms with E-state index in [4.69, 9.17) is 6.58 Å². The van der Waals surface area contributed by atoms with Gasteiger partial charge in [0.15, 0.2) is 0 Å². The third-order valence-electron chi connectivity index (χ3n) is 5.81. The number of hydrogen-bond donors (Lipinski definition) is 0. The average Bonchev–Trinajstić information content (AvgIpc) is 2.65. The predicted molar refractivity (Wildman–Crippen MR) is 133 cm³/mol. The SMILES string of the molecule is C=[C](C(Sc1ccccc1)[Si](C)(C)C)[Sn]([CH2]CCC)([CH2]CCC)[CH2]CCC. The van der Waals surface area contributed by atoms with Crippen LogP contribution in [0, 0.1) is 0 Å². The standard InChI is InChI=1S/C12H17SSi.3C4H9.Sn/c1-5-12(14(2,3)4)13-11-9-7-6-8-10-11;3*1-3-4-2;/h6-10,12H,1H2,2-4H3;3*1,3-4H2,2H3;. The molecule has 0 saturated carbocycles.